The summed E-state index contributed by atoms with van der Waals surface area (Å²) in [5.74, 6) is -1.40. The lowest BCUT2D eigenvalue weighted by molar-refractivity contribution is 0.0685. The van der Waals surface area contributed by atoms with Gasteiger partial charge >= 0.3 is 11.7 Å². The summed E-state index contributed by atoms with van der Waals surface area (Å²) in [6.07, 6.45) is 1.41. The minimum absolute atomic E-state index is 0.122. The zero-order chi connectivity index (χ0) is 12.4. The highest BCUT2D eigenvalue weighted by Crippen LogP contribution is 1.95. The number of H-pyrrole nitrogens is 1. The van der Waals surface area contributed by atoms with Crippen LogP contribution in [-0.4, -0.2) is 30.8 Å². The average molecular weight is 234 g/mol. The SMILES string of the molecule is O=C(O)c1nn(-c2ccccn2)c(=O)[nH]c1=O. The van der Waals surface area contributed by atoms with Crippen molar-refractivity contribution in [1.82, 2.24) is 19.7 Å². The fourth-order valence-corrected chi connectivity index (χ4v) is 1.17. The summed E-state index contributed by atoms with van der Waals surface area (Å²) in [4.78, 5) is 38.9. The Morgan fingerprint density at radius 2 is 2.12 bits per heavy atom. The van der Waals surface area contributed by atoms with Gasteiger partial charge in [-0.2, -0.15) is 4.68 Å². The molecule has 0 saturated carbocycles. The Morgan fingerprint density at radius 3 is 2.71 bits per heavy atom. The standard InChI is InChI=1S/C9H6N4O4/c14-7-6(8(15)16)12-13(9(17)11-7)5-3-1-2-4-10-5/h1-4H,(H,15,16)(H,11,14,17). The number of aromatic nitrogens is 4. The van der Waals surface area contributed by atoms with E-state index < -0.39 is 22.9 Å². The molecule has 2 aromatic heterocycles. The second kappa shape index (κ2) is 4.00. The van der Waals surface area contributed by atoms with Crippen LogP contribution in [-0.2, 0) is 0 Å². The number of pyridine rings is 1. The van der Waals surface area contributed by atoms with Gasteiger partial charge in [0.2, 0.25) is 5.69 Å². The van der Waals surface area contributed by atoms with Crippen molar-refractivity contribution in [1.29, 1.82) is 0 Å². The van der Waals surface area contributed by atoms with Crippen LogP contribution in [0.5, 0.6) is 0 Å². The van der Waals surface area contributed by atoms with Gasteiger partial charge < -0.3 is 5.11 Å². The van der Waals surface area contributed by atoms with Gasteiger partial charge in [0.25, 0.3) is 5.56 Å². The van der Waals surface area contributed by atoms with E-state index >= 15 is 0 Å². The largest absolute Gasteiger partial charge is 0.476 e. The molecular weight excluding hydrogens is 228 g/mol. The van der Waals surface area contributed by atoms with Gasteiger partial charge in [-0.05, 0) is 12.1 Å². The van der Waals surface area contributed by atoms with Crippen molar-refractivity contribution in [3.05, 3.63) is 50.9 Å². The number of carboxylic acid groups (broad SMARTS) is 1. The Balaban J connectivity index is 2.72. The number of aromatic amines is 1. The van der Waals surface area contributed by atoms with Crippen LogP contribution in [0.25, 0.3) is 5.82 Å². The summed E-state index contributed by atoms with van der Waals surface area (Å²) in [6.45, 7) is 0. The number of rotatable bonds is 2. The minimum Gasteiger partial charge on any atom is -0.476 e. The van der Waals surface area contributed by atoms with Crippen molar-refractivity contribution in [3.8, 4) is 5.82 Å². The van der Waals surface area contributed by atoms with Gasteiger partial charge in [0.05, 0.1) is 0 Å². The molecule has 2 aromatic rings. The third kappa shape index (κ3) is 1.95. The first-order valence-corrected chi connectivity index (χ1v) is 4.48. The summed E-state index contributed by atoms with van der Waals surface area (Å²) in [7, 11) is 0. The van der Waals surface area contributed by atoms with E-state index in [9.17, 15) is 14.4 Å². The number of hydrogen-bond acceptors (Lipinski definition) is 5. The van der Waals surface area contributed by atoms with Gasteiger partial charge in [-0.25, -0.2) is 14.6 Å². The third-order valence-electron chi connectivity index (χ3n) is 1.90. The van der Waals surface area contributed by atoms with Crippen molar-refractivity contribution in [2.45, 2.75) is 0 Å². The van der Waals surface area contributed by atoms with Crippen LogP contribution >= 0.6 is 0 Å². The Bertz CT molecular complexity index is 673. The molecule has 0 unspecified atom stereocenters. The zero-order valence-corrected chi connectivity index (χ0v) is 8.32. The summed E-state index contributed by atoms with van der Waals surface area (Å²) in [5.41, 5.74) is -2.66. The fourth-order valence-electron chi connectivity index (χ4n) is 1.17. The Labute approximate surface area is 93.2 Å². The maximum atomic E-state index is 11.4. The molecule has 8 heteroatoms. The minimum atomic E-state index is -1.52. The molecule has 0 atom stereocenters. The van der Waals surface area contributed by atoms with Gasteiger partial charge in [0, 0.05) is 6.20 Å². The van der Waals surface area contributed by atoms with E-state index in [1.165, 1.54) is 12.3 Å². The lowest BCUT2D eigenvalue weighted by Crippen LogP contribution is -2.36. The molecular formula is C9H6N4O4. The van der Waals surface area contributed by atoms with E-state index in [2.05, 4.69) is 10.1 Å². The molecule has 8 nitrogen and oxygen atoms in total. The molecule has 0 radical (unpaired) electrons. The lowest BCUT2D eigenvalue weighted by Gasteiger charge is -2.02. The Morgan fingerprint density at radius 1 is 1.35 bits per heavy atom. The van der Waals surface area contributed by atoms with E-state index in [4.69, 9.17) is 5.11 Å². The first kappa shape index (κ1) is 10.7. The molecule has 0 aliphatic heterocycles. The second-order valence-electron chi connectivity index (χ2n) is 3.01. The Kier molecular flexibility index (Phi) is 2.53. The third-order valence-corrected chi connectivity index (χ3v) is 1.90. The molecule has 0 aliphatic carbocycles. The molecule has 0 bridgehead atoms. The number of carbonyl (C=O) groups is 1. The highest BCUT2D eigenvalue weighted by Gasteiger charge is 2.14. The molecule has 0 fully saturated rings. The maximum Gasteiger partial charge on any atom is 0.362 e. The van der Waals surface area contributed by atoms with Crippen LogP contribution in [0.4, 0.5) is 0 Å². The van der Waals surface area contributed by atoms with Gasteiger partial charge in [0.15, 0.2) is 5.82 Å². The van der Waals surface area contributed by atoms with Crippen molar-refractivity contribution in [2.75, 3.05) is 0 Å². The summed E-state index contributed by atoms with van der Waals surface area (Å²) in [6, 6.07) is 4.68. The summed E-state index contributed by atoms with van der Waals surface area (Å²) in [5, 5.41) is 12.1. The molecule has 0 amide bonds. The van der Waals surface area contributed by atoms with Crippen molar-refractivity contribution < 1.29 is 9.90 Å². The van der Waals surface area contributed by atoms with Gasteiger partial charge in [-0.15, -0.1) is 5.10 Å². The average Bonchev–Trinajstić information content (AvgIpc) is 2.29. The molecule has 0 aromatic carbocycles. The van der Waals surface area contributed by atoms with Crippen molar-refractivity contribution >= 4 is 5.97 Å². The number of aromatic carboxylic acids is 1. The number of carboxylic acids is 1. The number of nitrogens with one attached hydrogen (secondary N) is 1. The van der Waals surface area contributed by atoms with Crippen LogP contribution < -0.4 is 11.2 Å². The monoisotopic (exact) mass is 234 g/mol. The highest BCUT2D eigenvalue weighted by atomic mass is 16.4. The molecule has 17 heavy (non-hydrogen) atoms. The van der Waals surface area contributed by atoms with Crippen LogP contribution in [0.2, 0.25) is 0 Å². The topological polar surface area (TPSA) is 118 Å². The normalized spacial score (nSPS) is 10.1. The van der Waals surface area contributed by atoms with Crippen LogP contribution in [0.15, 0.2) is 34.0 Å². The molecule has 2 heterocycles. The zero-order valence-electron chi connectivity index (χ0n) is 8.32. The predicted molar refractivity (Wildman–Crippen MR) is 55.2 cm³/mol. The van der Waals surface area contributed by atoms with Crippen LogP contribution in [0.1, 0.15) is 10.5 Å². The van der Waals surface area contributed by atoms with Gasteiger partial charge in [-0.1, -0.05) is 6.07 Å². The maximum absolute atomic E-state index is 11.4. The van der Waals surface area contributed by atoms with E-state index in [-0.39, 0.29) is 5.82 Å². The molecule has 0 saturated heterocycles. The van der Waals surface area contributed by atoms with Crippen LogP contribution in [0, 0.1) is 0 Å². The molecule has 2 rings (SSSR count). The molecule has 86 valence electrons. The highest BCUT2D eigenvalue weighted by molar-refractivity contribution is 5.84. The molecule has 0 aliphatic rings. The first-order valence-electron chi connectivity index (χ1n) is 4.48. The van der Waals surface area contributed by atoms with Crippen LogP contribution in [0.3, 0.4) is 0 Å². The van der Waals surface area contributed by atoms with Gasteiger partial charge in [0.1, 0.15) is 0 Å². The van der Waals surface area contributed by atoms with E-state index in [1.807, 2.05) is 4.98 Å². The quantitative estimate of drug-likeness (QED) is 0.689. The molecule has 2 N–H and O–H groups in total. The second-order valence-corrected chi connectivity index (χ2v) is 3.01. The fraction of sp³-hybridized carbons (Fsp3) is 0. The summed E-state index contributed by atoms with van der Waals surface area (Å²) < 4.78 is 0.713. The van der Waals surface area contributed by atoms with E-state index in [0.29, 0.717) is 4.68 Å². The number of hydrogen-bond donors (Lipinski definition) is 2. The van der Waals surface area contributed by atoms with Crippen molar-refractivity contribution in [3.63, 3.8) is 0 Å². The summed E-state index contributed by atoms with van der Waals surface area (Å²) >= 11 is 0. The van der Waals surface area contributed by atoms with E-state index in [0.717, 1.165) is 0 Å². The van der Waals surface area contributed by atoms with Gasteiger partial charge in [-0.3, -0.25) is 9.78 Å². The Hall–Kier alpha value is -2.77. The smallest absolute Gasteiger partial charge is 0.362 e. The van der Waals surface area contributed by atoms with Crippen molar-refractivity contribution in [2.24, 2.45) is 0 Å². The number of nitrogens with zero attached hydrogens (tertiary/aromatic N) is 3. The van der Waals surface area contributed by atoms with E-state index in [1.54, 1.807) is 12.1 Å². The lowest BCUT2D eigenvalue weighted by atomic mass is 10.4. The first-order chi connectivity index (χ1) is 8.09. The predicted octanol–water partition coefficient (Wildman–Crippen LogP) is -0.986. The molecule has 0 spiro atoms.